The van der Waals surface area contributed by atoms with Crippen molar-refractivity contribution in [2.45, 2.75) is 69.4 Å². The van der Waals surface area contributed by atoms with E-state index in [1.54, 1.807) is 11.5 Å². The molecule has 2 bridgehead atoms. The maximum atomic E-state index is 11.1. The largest absolute Gasteiger partial charge is 0.494 e. The topological polar surface area (TPSA) is 77.1 Å². The molecule has 0 amide bonds. The number of amidine groups is 1. The lowest BCUT2D eigenvalue weighted by molar-refractivity contribution is 0.196. The summed E-state index contributed by atoms with van der Waals surface area (Å²) in [6, 6.07) is 8.85. The quantitative estimate of drug-likeness (QED) is 0.492. The summed E-state index contributed by atoms with van der Waals surface area (Å²) in [5.74, 6) is 5.00. The summed E-state index contributed by atoms with van der Waals surface area (Å²) in [6.45, 7) is 4.67. The smallest absolute Gasteiger partial charge is 0.197 e. The molecule has 1 aromatic carbocycles. The van der Waals surface area contributed by atoms with Crippen LogP contribution in [0.25, 0.3) is 10.1 Å². The van der Waals surface area contributed by atoms with Crippen LogP contribution >= 0.6 is 11.5 Å². The summed E-state index contributed by atoms with van der Waals surface area (Å²) in [6.07, 6.45) is 8.28. The zero-order chi connectivity index (χ0) is 24.7. The Morgan fingerprint density at radius 3 is 2.35 bits per heavy atom. The third-order valence-corrected chi connectivity index (χ3v) is 10.9. The Balaban J connectivity index is 0.943. The van der Waals surface area contributed by atoms with Crippen LogP contribution in [0.5, 0.6) is 11.8 Å². The number of aromatic nitrogens is 2. The number of hydrogen-bond donors (Lipinski definition) is 2. The molecule has 194 valence electrons. The van der Waals surface area contributed by atoms with E-state index in [1.165, 1.54) is 35.2 Å². The monoisotopic (exact) mass is 517 g/mol. The van der Waals surface area contributed by atoms with Gasteiger partial charge in [0.1, 0.15) is 17.7 Å². The van der Waals surface area contributed by atoms with Crippen molar-refractivity contribution in [1.82, 2.24) is 13.8 Å². The fourth-order valence-corrected chi connectivity index (χ4v) is 8.93. The van der Waals surface area contributed by atoms with Gasteiger partial charge in [0.25, 0.3) is 0 Å². The predicted octanol–water partition coefficient (Wildman–Crippen LogP) is 5.28. The second-order valence-corrected chi connectivity index (χ2v) is 12.7. The van der Waals surface area contributed by atoms with E-state index in [4.69, 9.17) is 9.37 Å². The molecule has 7 nitrogen and oxygen atoms in total. The van der Waals surface area contributed by atoms with Crippen LogP contribution in [0.3, 0.4) is 0 Å². The van der Waals surface area contributed by atoms with E-state index in [2.05, 4.69) is 34.1 Å². The first-order valence-electron chi connectivity index (χ1n) is 14.2. The molecule has 3 aromatic rings. The molecule has 4 heterocycles. The van der Waals surface area contributed by atoms with E-state index in [-0.39, 0.29) is 0 Å². The summed E-state index contributed by atoms with van der Waals surface area (Å²) >= 11 is 1.59. The average Bonchev–Trinajstić information content (AvgIpc) is 3.22. The number of aliphatic imine (C=N–C) groups is 1. The summed E-state index contributed by atoms with van der Waals surface area (Å²) in [5, 5.41) is 23.5. The highest BCUT2D eigenvalue weighted by Gasteiger charge is 2.47. The van der Waals surface area contributed by atoms with E-state index in [1.807, 2.05) is 4.57 Å². The molecule has 8 heteroatoms. The molecular formula is C29H35N5O2S. The summed E-state index contributed by atoms with van der Waals surface area (Å²) in [5.41, 5.74) is 2.13. The van der Waals surface area contributed by atoms with E-state index in [0.29, 0.717) is 41.5 Å². The number of rotatable bonds is 4. The minimum absolute atomic E-state index is 0.319. The van der Waals surface area contributed by atoms with Gasteiger partial charge in [-0.05, 0) is 79.4 Å². The van der Waals surface area contributed by atoms with Crippen LogP contribution in [-0.4, -0.2) is 62.1 Å². The van der Waals surface area contributed by atoms with Crippen molar-refractivity contribution in [2.75, 3.05) is 31.1 Å². The van der Waals surface area contributed by atoms with Gasteiger partial charge in [0, 0.05) is 49.2 Å². The molecule has 5 atom stereocenters. The molecule has 2 saturated carbocycles. The average molecular weight is 518 g/mol. The lowest BCUT2D eigenvalue weighted by Crippen LogP contribution is -2.48. The van der Waals surface area contributed by atoms with Gasteiger partial charge in [-0.25, -0.2) is 0 Å². The third-order valence-electron chi connectivity index (χ3n) is 10.1. The van der Waals surface area contributed by atoms with Crippen LogP contribution in [0.4, 0.5) is 5.82 Å². The van der Waals surface area contributed by atoms with Gasteiger partial charge in [-0.1, -0.05) is 25.0 Å². The van der Waals surface area contributed by atoms with Gasteiger partial charge in [-0.3, -0.25) is 9.56 Å². The van der Waals surface area contributed by atoms with Crippen molar-refractivity contribution >= 4 is 33.3 Å². The number of hydrogen-bond acceptors (Lipinski definition) is 7. The summed E-state index contributed by atoms with van der Waals surface area (Å²) in [4.78, 5) is 9.97. The molecule has 3 aliphatic carbocycles. The highest BCUT2D eigenvalue weighted by molar-refractivity contribution is 7.13. The van der Waals surface area contributed by atoms with Crippen LogP contribution in [0.2, 0.25) is 0 Å². The van der Waals surface area contributed by atoms with E-state index in [0.717, 1.165) is 75.4 Å². The zero-order valence-electron chi connectivity index (χ0n) is 21.2. The molecular weight excluding hydrogens is 482 g/mol. The van der Waals surface area contributed by atoms with Crippen molar-refractivity contribution in [2.24, 2.45) is 16.8 Å². The standard InChI is InChI=1S/C29H35N5O2S/c35-28-23-17-9-10-18(15-17)24(23)29(36)34(28)16-19-5-1-2-6-20(19)25-27(30-25)33-13-11-32(12-14-33)26-21-7-3-4-8-22(21)37-31-26/h3-4,7-8,17-20,25,35-36H,1-2,5-6,9-16H2. The maximum Gasteiger partial charge on any atom is 0.197 e. The Morgan fingerprint density at radius 1 is 0.865 bits per heavy atom. The van der Waals surface area contributed by atoms with Gasteiger partial charge in [0.15, 0.2) is 11.8 Å². The second kappa shape index (κ2) is 8.38. The number of nitrogens with zero attached hydrogens (tertiary/aromatic N) is 5. The van der Waals surface area contributed by atoms with Gasteiger partial charge in [0.2, 0.25) is 0 Å². The predicted molar refractivity (Wildman–Crippen MR) is 147 cm³/mol. The van der Waals surface area contributed by atoms with E-state index in [9.17, 15) is 10.2 Å². The first-order chi connectivity index (χ1) is 18.2. The summed E-state index contributed by atoms with van der Waals surface area (Å²) in [7, 11) is 0. The van der Waals surface area contributed by atoms with Gasteiger partial charge < -0.3 is 20.0 Å². The van der Waals surface area contributed by atoms with Crippen LogP contribution in [0, 0.1) is 11.8 Å². The van der Waals surface area contributed by atoms with Crippen molar-refractivity contribution < 1.29 is 10.2 Å². The lowest BCUT2D eigenvalue weighted by atomic mass is 9.76. The normalized spacial score (nSPS) is 30.7. The van der Waals surface area contributed by atoms with Gasteiger partial charge in [0.05, 0.1) is 4.70 Å². The zero-order valence-corrected chi connectivity index (χ0v) is 22.0. The minimum atomic E-state index is 0.319. The number of piperazine rings is 1. The molecule has 37 heavy (non-hydrogen) atoms. The molecule has 0 spiro atoms. The number of aromatic hydroxyl groups is 2. The molecule has 1 saturated heterocycles. The maximum absolute atomic E-state index is 11.1. The van der Waals surface area contributed by atoms with Crippen LogP contribution < -0.4 is 4.90 Å². The highest BCUT2D eigenvalue weighted by Crippen LogP contribution is 2.60. The third kappa shape index (κ3) is 3.44. The van der Waals surface area contributed by atoms with E-state index < -0.39 is 0 Å². The van der Waals surface area contributed by atoms with Crippen molar-refractivity contribution in [1.29, 1.82) is 0 Å². The molecule has 0 radical (unpaired) electrons. The van der Waals surface area contributed by atoms with Gasteiger partial charge in [-0.2, -0.15) is 4.37 Å². The fraction of sp³-hybridized carbons (Fsp3) is 0.586. The molecule has 3 fully saturated rings. The lowest BCUT2D eigenvalue weighted by Gasteiger charge is -2.36. The van der Waals surface area contributed by atoms with Crippen molar-refractivity contribution in [3.8, 4) is 11.8 Å². The SMILES string of the molecule is Oc1c2c(c(O)n1CC1CCCCC1C1N=C1N1CCN(c3nsc4ccccc34)CC1)C1CCC2C1. The second-order valence-electron chi connectivity index (χ2n) is 11.9. The van der Waals surface area contributed by atoms with Crippen molar-refractivity contribution in [3.05, 3.63) is 35.4 Å². The molecule has 2 N–H and O–H groups in total. The first kappa shape index (κ1) is 22.3. The van der Waals surface area contributed by atoms with E-state index >= 15 is 0 Å². The molecule has 2 aromatic heterocycles. The number of anilines is 1. The molecule has 2 aliphatic heterocycles. The Labute approximate surface area is 221 Å². The Morgan fingerprint density at radius 2 is 1.57 bits per heavy atom. The number of fused-ring (bicyclic) bond motifs is 6. The minimum Gasteiger partial charge on any atom is -0.494 e. The van der Waals surface area contributed by atoms with Gasteiger partial charge >= 0.3 is 0 Å². The number of benzene rings is 1. The molecule has 5 unspecified atom stereocenters. The molecule has 8 rings (SSSR count). The fourth-order valence-electron chi connectivity index (χ4n) is 8.14. The molecule has 5 aliphatic rings. The van der Waals surface area contributed by atoms with Crippen LogP contribution in [-0.2, 0) is 6.54 Å². The summed E-state index contributed by atoms with van der Waals surface area (Å²) < 4.78 is 7.88. The Hall–Kier alpha value is -2.74. The van der Waals surface area contributed by atoms with Crippen LogP contribution in [0.15, 0.2) is 29.3 Å². The Bertz CT molecular complexity index is 1350. The first-order valence-corrected chi connectivity index (χ1v) is 15.0. The van der Waals surface area contributed by atoms with Crippen molar-refractivity contribution in [3.63, 3.8) is 0 Å². The van der Waals surface area contributed by atoms with Gasteiger partial charge in [-0.15, -0.1) is 0 Å². The van der Waals surface area contributed by atoms with Crippen LogP contribution in [0.1, 0.15) is 67.9 Å². The highest BCUT2D eigenvalue weighted by atomic mass is 32.1. The Kier molecular flexibility index (Phi) is 5.04.